The van der Waals surface area contributed by atoms with Gasteiger partial charge in [0.15, 0.2) is 0 Å². The first kappa shape index (κ1) is 73.1. The molecule has 0 amide bonds. The maximum atomic E-state index is 0. The molecule has 0 aromatic rings. The fourth-order valence-electron chi connectivity index (χ4n) is 0. The molecule has 0 bridgehead atoms. The van der Waals surface area contributed by atoms with Gasteiger partial charge in [0.25, 0.3) is 0 Å². The van der Waals surface area contributed by atoms with Gasteiger partial charge in [-0.3, -0.25) is 0 Å². The Balaban J connectivity index is 0. The van der Waals surface area contributed by atoms with E-state index in [1.54, 1.807) is 0 Å². The molecule has 0 aliphatic heterocycles. The van der Waals surface area contributed by atoms with Crippen molar-refractivity contribution in [3.8, 4) is 0 Å². The van der Waals surface area contributed by atoms with E-state index in [1.807, 2.05) is 0 Å². The van der Waals surface area contributed by atoms with Gasteiger partial charge in [0.05, 0.1) is 0 Å². The van der Waals surface area contributed by atoms with Crippen molar-refractivity contribution >= 4 is 29.8 Å². The Kier molecular flexibility index (Phi) is 611. The van der Waals surface area contributed by atoms with Gasteiger partial charge in [0.1, 0.15) is 0 Å². The molecule has 0 unspecified atom stereocenters. The molecule has 0 radical (unpaired) electrons. The van der Waals surface area contributed by atoms with Gasteiger partial charge in [-0.2, -0.15) is 0 Å². The molecule has 0 fully saturated rings. The van der Waals surface area contributed by atoms with Crippen molar-refractivity contribution in [3.05, 3.63) is 0 Å². The molecule has 0 aliphatic rings. The molecule has 0 aliphatic carbocycles. The molecule has 0 aromatic heterocycles. The molecule has 0 heterocycles. The van der Waals surface area contributed by atoms with Crippen LogP contribution < -0.4 is 18.6 Å². The van der Waals surface area contributed by atoms with E-state index in [2.05, 4.69) is 0 Å². The molecule has 1 nitrogen and oxygen atoms in total. The third-order valence-electron chi connectivity index (χ3n) is 0. The molecule has 0 rings (SSSR count). The number of halogens is 2. The third kappa shape index (κ3) is 11.5. The average Bonchev–Trinajstić information content (AvgIpc) is 0. The molecule has 4 heteroatoms. The smallest absolute Gasteiger partial charge is 1.00 e. The van der Waals surface area contributed by atoms with E-state index >= 15 is 0 Å². The van der Waals surface area contributed by atoms with Crippen molar-refractivity contribution in [1.82, 2.24) is 6.15 Å². The maximum absolute atomic E-state index is 0. The topological polar surface area (TPSA) is 35.0 Å². The van der Waals surface area contributed by atoms with Crippen molar-refractivity contribution in [3.63, 3.8) is 0 Å². The van der Waals surface area contributed by atoms with E-state index in [4.69, 9.17) is 0 Å². The molecule has 0 saturated heterocycles. The van der Waals surface area contributed by atoms with Crippen molar-refractivity contribution < 1.29 is 12.4 Å². The molecule has 0 atom stereocenters. The van der Waals surface area contributed by atoms with E-state index in [0.717, 1.165) is 0 Å². The van der Waals surface area contributed by atoms with E-state index in [-0.39, 0.29) is 48.3 Å². The van der Waals surface area contributed by atoms with Crippen LogP contribution in [0.3, 0.4) is 0 Å². The maximum Gasteiger partial charge on any atom is 3.00 e. The first-order valence-corrected chi connectivity index (χ1v) is 0. The Labute approximate surface area is 48.7 Å². The summed E-state index contributed by atoms with van der Waals surface area (Å²) in [7, 11) is 0. The van der Waals surface area contributed by atoms with Gasteiger partial charge in [0.2, 0.25) is 0 Å². The zero-order valence-corrected chi connectivity index (χ0v) is 4.80. The van der Waals surface area contributed by atoms with Crippen LogP contribution in [0, 0.1) is 0 Å². The van der Waals surface area contributed by atoms with Crippen LogP contribution in [-0.4, -0.2) is 17.4 Å². The van der Waals surface area contributed by atoms with Gasteiger partial charge in [-0.05, 0) is 0 Å². The van der Waals surface area contributed by atoms with Gasteiger partial charge >= 0.3 is 17.4 Å². The fourth-order valence-corrected chi connectivity index (χ4v) is 0. The molecule has 3 N–H and O–H groups in total. The van der Waals surface area contributed by atoms with Crippen LogP contribution in [0.25, 0.3) is 0 Å². The SMILES string of the molecule is Cl.N.[Al+3].[Cl-]. The van der Waals surface area contributed by atoms with Gasteiger partial charge in [-0.15, -0.1) is 12.4 Å². The minimum atomic E-state index is 0. The predicted molar refractivity (Wildman–Crippen MR) is 18.0 cm³/mol. The van der Waals surface area contributed by atoms with Crippen LogP contribution in [0.1, 0.15) is 0 Å². The second-order valence-electron chi connectivity index (χ2n) is 0. The molecule has 24 valence electrons. The summed E-state index contributed by atoms with van der Waals surface area (Å²) in [6.07, 6.45) is 0. The molecular weight excluding hydrogens is 112 g/mol. The molecule has 0 aromatic carbocycles. The van der Waals surface area contributed by atoms with E-state index < -0.39 is 0 Å². The minimum absolute atomic E-state index is 0. The monoisotopic (exact) mass is 115 g/mol. The van der Waals surface area contributed by atoms with Gasteiger partial charge in [-0.1, -0.05) is 0 Å². The molecule has 4 heavy (non-hydrogen) atoms. The predicted octanol–water partition coefficient (Wildman–Crippen LogP) is -2.79. The fraction of sp³-hybridized carbons (Fsp3) is 0. The summed E-state index contributed by atoms with van der Waals surface area (Å²) in [4.78, 5) is 0. The van der Waals surface area contributed by atoms with Crippen LogP contribution in [0.2, 0.25) is 0 Å². The van der Waals surface area contributed by atoms with E-state index in [1.165, 1.54) is 0 Å². The normalized spacial score (nSPS) is 0. The third-order valence-corrected chi connectivity index (χ3v) is 0. The second kappa shape index (κ2) is 33.4. The second-order valence-corrected chi connectivity index (χ2v) is 0. The summed E-state index contributed by atoms with van der Waals surface area (Å²) in [5.41, 5.74) is 0. The van der Waals surface area contributed by atoms with Crippen molar-refractivity contribution in [2.45, 2.75) is 0 Å². The van der Waals surface area contributed by atoms with Crippen LogP contribution in [0.15, 0.2) is 0 Å². The summed E-state index contributed by atoms with van der Waals surface area (Å²) < 4.78 is 0. The Morgan fingerprint density at radius 3 is 1.00 bits per heavy atom. The largest absolute Gasteiger partial charge is 3.00 e. The van der Waals surface area contributed by atoms with E-state index in [0.29, 0.717) is 0 Å². The summed E-state index contributed by atoms with van der Waals surface area (Å²) in [6, 6.07) is 0. The zero-order valence-electron chi connectivity index (χ0n) is 2.07. The molecule has 0 saturated carbocycles. The number of rotatable bonds is 0. The van der Waals surface area contributed by atoms with Crippen molar-refractivity contribution in [1.29, 1.82) is 0 Å². The van der Waals surface area contributed by atoms with Crippen LogP contribution in [-0.2, 0) is 0 Å². The summed E-state index contributed by atoms with van der Waals surface area (Å²) >= 11 is 0. The van der Waals surface area contributed by atoms with Gasteiger partial charge in [-0.25, -0.2) is 0 Å². The first-order chi connectivity index (χ1) is 0. The van der Waals surface area contributed by atoms with Gasteiger partial charge in [0, 0.05) is 0 Å². The summed E-state index contributed by atoms with van der Waals surface area (Å²) in [5, 5.41) is 0. The van der Waals surface area contributed by atoms with Crippen LogP contribution >= 0.6 is 12.4 Å². The van der Waals surface area contributed by atoms with Crippen molar-refractivity contribution in [2.75, 3.05) is 0 Å². The number of hydrogen-bond donors (Lipinski definition) is 1. The van der Waals surface area contributed by atoms with Crippen LogP contribution in [0.4, 0.5) is 0 Å². The van der Waals surface area contributed by atoms with E-state index in [9.17, 15) is 0 Å². The Hall–Kier alpha value is 1.07. The number of hydrogen-bond acceptors (Lipinski definition) is 1. The first-order valence-electron chi connectivity index (χ1n) is 0. The quantitative estimate of drug-likeness (QED) is 0.341. The Morgan fingerprint density at radius 2 is 1.00 bits per heavy atom. The standard InChI is InChI=1S/Al.2ClH.H3N/h;2*1H;1H3/q+3;;;/p-1. The average molecular weight is 116 g/mol. The Morgan fingerprint density at radius 1 is 1.00 bits per heavy atom. The van der Waals surface area contributed by atoms with Crippen molar-refractivity contribution in [2.24, 2.45) is 0 Å². The zero-order chi connectivity index (χ0) is 0. The molecular formula is H4AlCl2N+2. The summed E-state index contributed by atoms with van der Waals surface area (Å²) in [5.74, 6) is 0. The van der Waals surface area contributed by atoms with Crippen LogP contribution in [0.5, 0.6) is 0 Å². The molecule has 0 spiro atoms. The Bertz CT molecular complexity index is 6.00. The van der Waals surface area contributed by atoms with Gasteiger partial charge < -0.3 is 18.6 Å². The summed E-state index contributed by atoms with van der Waals surface area (Å²) in [6.45, 7) is 0. The minimum Gasteiger partial charge on any atom is -1.00 e.